The molecule has 29 heavy (non-hydrogen) atoms. The van der Waals surface area contributed by atoms with Crippen molar-refractivity contribution < 1.29 is 22.0 Å². The van der Waals surface area contributed by atoms with Crippen molar-refractivity contribution >= 4 is 44.2 Å². The normalized spacial score (nSPS) is 15.7. The van der Waals surface area contributed by atoms with E-state index in [-0.39, 0.29) is 27.8 Å². The number of aromatic nitrogens is 2. The highest BCUT2D eigenvalue weighted by Gasteiger charge is 2.33. The Bertz CT molecular complexity index is 1240. The molecule has 2 N–H and O–H groups in total. The molecule has 1 aliphatic heterocycles. The SMILES string of the molecule is O=C(Nc1c2c(nn1-c1ccc(Cl)cc1)CS(=O)(=O)C2)c1ccc(S(=O)O)cc1. The van der Waals surface area contributed by atoms with Gasteiger partial charge in [0.25, 0.3) is 5.91 Å². The third kappa shape index (κ3) is 3.97. The van der Waals surface area contributed by atoms with E-state index in [9.17, 15) is 17.4 Å². The first kappa shape index (κ1) is 19.8. The van der Waals surface area contributed by atoms with Gasteiger partial charge in [0.05, 0.1) is 27.8 Å². The molecule has 1 amide bonds. The monoisotopic (exact) mass is 451 g/mol. The molecule has 0 saturated heterocycles. The summed E-state index contributed by atoms with van der Waals surface area (Å²) in [5.74, 6) is -0.637. The molecule has 150 valence electrons. The zero-order valence-electron chi connectivity index (χ0n) is 14.7. The molecular weight excluding hydrogens is 438 g/mol. The Morgan fingerprint density at radius 2 is 1.76 bits per heavy atom. The largest absolute Gasteiger partial charge is 0.306 e. The average molecular weight is 452 g/mol. The summed E-state index contributed by atoms with van der Waals surface area (Å²) in [7, 11) is -3.32. The first-order valence-electron chi connectivity index (χ1n) is 8.33. The lowest BCUT2D eigenvalue weighted by Crippen LogP contribution is -2.17. The van der Waals surface area contributed by atoms with Gasteiger partial charge in [0.1, 0.15) is 5.82 Å². The molecule has 1 aliphatic rings. The fourth-order valence-corrected chi connectivity index (χ4v) is 5.03. The Morgan fingerprint density at radius 3 is 2.38 bits per heavy atom. The molecule has 1 unspecified atom stereocenters. The number of anilines is 1. The predicted molar refractivity (Wildman–Crippen MR) is 108 cm³/mol. The third-order valence-electron chi connectivity index (χ3n) is 4.41. The van der Waals surface area contributed by atoms with Crippen molar-refractivity contribution in [3.63, 3.8) is 0 Å². The van der Waals surface area contributed by atoms with Crippen LogP contribution in [-0.2, 0) is 32.4 Å². The van der Waals surface area contributed by atoms with Crippen LogP contribution in [0.1, 0.15) is 21.6 Å². The minimum Gasteiger partial charge on any atom is -0.306 e. The maximum absolute atomic E-state index is 12.7. The summed E-state index contributed by atoms with van der Waals surface area (Å²) < 4.78 is 45.7. The number of benzene rings is 2. The molecule has 8 nitrogen and oxygen atoms in total. The van der Waals surface area contributed by atoms with E-state index in [1.807, 2.05) is 0 Å². The lowest BCUT2D eigenvalue weighted by molar-refractivity contribution is 0.102. The van der Waals surface area contributed by atoms with E-state index in [1.165, 1.54) is 28.9 Å². The molecule has 4 rings (SSSR count). The van der Waals surface area contributed by atoms with Crippen LogP contribution in [0.2, 0.25) is 5.02 Å². The van der Waals surface area contributed by atoms with Crippen molar-refractivity contribution in [3.05, 3.63) is 70.4 Å². The van der Waals surface area contributed by atoms with Crippen LogP contribution in [0.15, 0.2) is 53.4 Å². The highest BCUT2D eigenvalue weighted by molar-refractivity contribution is 7.90. The van der Waals surface area contributed by atoms with E-state index in [4.69, 9.17) is 16.2 Å². The number of rotatable bonds is 4. The molecule has 0 bridgehead atoms. The lowest BCUT2D eigenvalue weighted by Gasteiger charge is -2.11. The molecule has 2 heterocycles. The van der Waals surface area contributed by atoms with Crippen LogP contribution in [0, 0.1) is 0 Å². The van der Waals surface area contributed by atoms with Crippen molar-refractivity contribution in [1.29, 1.82) is 0 Å². The molecule has 1 aromatic heterocycles. The number of carbonyl (C=O) groups excluding carboxylic acids is 1. The topological polar surface area (TPSA) is 118 Å². The van der Waals surface area contributed by atoms with Gasteiger partial charge in [-0.2, -0.15) is 5.10 Å². The van der Waals surface area contributed by atoms with E-state index in [0.717, 1.165) is 0 Å². The number of fused-ring (bicyclic) bond motifs is 1. The molecule has 0 radical (unpaired) electrons. The zero-order valence-corrected chi connectivity index (χ0v) is 17.1. The first-order valence-corrected chi connectivity index (χ1v) is 11.6. The fraction of sp³-hybridized carbons (Fsp3) is 0.111. The number of nitrogens with one attached hydrogen (secondary N) is 1. The number of hydrogen-bond donors (Lipinski definition) is 2. The van der Waals surface area contributed by atoms with E-state index in [1.54, 1.807) is 24.3 Å². The van der Waals surface area contributed by atoms with E-state index in [2.05, 4.69) is 10.4 Å². The van der Waals surface area contributed by atoms with Crippen molar-refractivity contribution in [2.75, 3.05) is 5.32 Å². The van der Waals surface area contributed by atoms with E-state index >= 15 is 0 Å². The second-order valence-electron chi connectivity index (χ2n) is 6.42. The van der Waals surface area contributed by atoms with Crippen LogP contribution < -0.4 is 5.32 Å². The fourth-order valence-electron chi connectivity index (χ4n) is 3.04. The van der Waals surface area contributed by atoms with Crippen LogP contribution in [0.4, 0.5) is 5.82 Å². The number of amides is 1. The summed E-state index contributed by atoms with van der Waals surface area (Å²) in [6.07, 6.45) is 0. The van der Waals surface area contributed by atoms with Gasteiger partial charge in [-0.25, -0.2) is 17.3 Å². The summed E-state index contributed by atoms with van der Waals surface area (Å²) in [5.41, 5.74) is 1.70. The van der Waals surface area contributed by atoms with Crippen LogP contribution >= 0.6 is 11.6 Å². The first-order chi connectivity index (χ1) is 13.7. The average Bonchev–Trinajstić information content (AvgIpc) is 3.15. The van der Waals surface area contributed by atoms with Gasteiger partial charge in [-0.1, -0.05) is 11.6 Å². The smallest absolute Gasteiger partial charge is 0.256 e. The summed E-state index contributed by atoms with van der Waals surface area (Å²) >= 11 is 3.79. The van der Waals surface area contributed by atoms with Crippen molar-refractivity contribution in [1.82, 2.24) is 9.78 Å². The molecular formula is C18H14ClN3O5S2. The molecule has 0 spiro atoms. The van der Waals surface area contributed by atoms with Crippen LogP contribution in [0.25, 0.3) is 5.69 Å². The molecule has 0 saturated carbocycles. The highest BCUT2D eigenvalue weighted by atomic mass is 35.5. The summed E-state index contributed by atoms with van der Waals surface area (Å²) in [6, 6.07) is 12.3. The number of nitrogens with zero attached hydrogens (tertiary/aromatic N) is 2. The lowest BCUT2D eigenvalue weighted by atomic mass is 10.2. The highest BCUT2D eigenvalue weighted by Crippen LogP contribution is 2.33. The van der Waals surface area contributed by atoms with Gasteiger partial charge < -0.3 is 9.87 Å². The molecule has 1 atom stereocenters. The summed E-state index contributed by atoms with van der Waals surface area (Å²) in [4.78, 5) is 12.9. The van der Waals surface area contributed by atoms with E-state index < -0.39 is 26.8 Å². The Balaban J connectivity index is 1.73. The third-order valence-corrected chi connectivity index (χ3v) is 6.78. The Hall–Kier alpha value is -2.53. The standard InChI is InChI=1S/C18H14ClN3O5S2/c19-12-3-5-13(6-4-12)22-17(15-9-29(26,27)10-16(15)21-22)20-18(23)11-1-7-14(8-2-11)28(24)25/h1-8H,9-10H2,(H,20,23)(H,24,25). The number of sulfone groups is 1. The van der Waals surface area contributed by atoms with Crippen LogP contribution in [-0.4, -0.2) is 32.9 Å². The van der Waals surface area contributed by atoms with E-state index in [0.29, 0.717) is 22.0 Å². The number of halogens is 1. The molecule has 2 aromatic carbocycles. The minimum absolute atomic E-state index is 0.166. The van der Waals surface area contributed by atoms with Gasteiger partial charge in [0.2, 0.25) is 0 Å². The van der Waals surface area contributed by atoms with Crippen molar-refractivity contribution in [2.24, 2.45) is 0 Å². The van der Waals surface area contributed by atoms with Gasteiger partial charge in [-0.15, -0.1) is 0 Å². The van der Waals surface area contributed by atoms with Gasteiger partial charge >= 0.3 is 0 Å². The molecule has 0 fully saturated rings. The maximum atomic E-state index is 12.7. The minimum atomic E-state index is -3.32. The van der Waals surface area contributed by atoms with Gasteiger partial charge in [-0.05, 0) is 48.5 Å². The second-order valence-corrected chi connectivity index (χ2v) is 9.89. The summed E-state index contributed by atoms with van der Waals surface area (Å²) in [6.45, 7) is 0. The Kier molecular flexibility index (Phi) is 5.03. The zero-order chi connectivity index (χ0) is 20.8. The van der Waals surface area contributed by atoms with Crippen molar-refractivity contribution in [3.8, 4) is 5.69 Å². The van der Waals surface area contributed by atoms with Crippen LogP contribution in [0.5, 0.6) is 0 Å². The van der Waals surface area contributed by atoms with Gasteiger partial charge in [-0.3, -0.25) is 4.79 Å². The summed E-state index contributed by atoms with van der Waals surface area (Å²) in [5, 5.41) is 7.64. The quantitative estimate of drug-likeness (QED) is 0.589. The van der Waals surface area contributed by atoms with Crippen LogP contribution in [0.3, 0.4) is 0 Å². The number of carbonyl (C=O) groups is 1. The van der Waals surface area contributed by atoms with Gasteiger partial charge in [0.15, 0.2) is 20.9 Å². The molecule has 11 heteroatoms. The maximum Gasteiger partial charge on any atom is 0.256 e. The second kappa shape index (κ2) is 7.38. The molecule has 3 aromatic rings. The molecule has 0 aliphatic carbocycles. The van der Waals surface area contributed by atoms with Gasteiger partial charge in [0, 0.05) is 16.1 Å². The number of hydrogen-bond acceptors (Lipinski definition) is 5. The Labute approximate surface area is 173 Å². The predicted octanol–water partition coefficient (Wildman–Crippen LogP) is 2.79. The van der Waals surface area contributed by atoms with Crippen molar-refractivity contribution in [2.45, 2.75) is 16.4 Å². The Morgan fingerprint density at radius 1 is 1.10 bits per heavy atom.